The van der Waals surface area contributed by atoms with Crippen LogP contribution in [0.15, 0.2) is 18.2 Å². The highest BCUT2D eigenvalue weighted by molar-refractivity contribution is 7.90. The summed E-state index contributed by atoms with van der Waals surface area (Å²) in [4.78, 5) is 10.9. The van der Waals surface area contributed by atoms with E-state index in [0.29, 0.717) is 0 Å². The van der Waals surface area contributed by atoms with Gasteiger partial charge in [-0.15, -0.1) is 0 Å². The fourth-order valence-electron chi connectivity index (χ4n) is 1.34. The molecule has 0 saturated heterocycles. The molecule has 6 nitrogen and oxygen atoms in total. The maximum absolute atomic E-state index is 11.8. The molecule has 3 N–H and O–H groups in total. The maximum atomic E-state index is 11.8. The lowest BCUT2D eigenvalue weighted by molar-refractivity contribution is 0.0697. The molecule has 19 heavy (non-hydrogen) atoms. The van der Waals surface area contributed by atoms with Crippen LogP contribution < -0.4 is 9.44 Å². The monoisotopic (exact) mass is 306 g/mol. The molecule has 106 valence electrons. The molecule has 0 saturated carbocycles. The lowest BCUT2D eigenvalue weighted by Gasteiger charge is -2.21. The van der Waals surface area contributed by atoms with E-state index in [1.807, 2.05) is 0 Å². The van der Waals surface area contributed by atoms with Gasteiger partial charge in [-0.25, -0.2) is 4.79 Å². The molecule has 0 aliphatic carbocycles. The van der Waals surface area contributed by atoms with Gasteiger partial charge in [0.1, 0.15) is 0 Å². The van der Waals surface area contributed by atoms with Crippen LogP contribution in [0, 0.1) is 0 Å². The number of nitrogens with one attached hydrogen (secondary N) is 2. The van der Waals surface area contributed by atoms with Crippen molar-refractivity contribution in [3.63, 3.8) is 0 Å². The first-order valence-corrected chi connectivity index (χ1v) is 7.21. The Morgan fingerprint density at radius 1 is 1.32 bits per heavy atom. The largest absolute Gasteiger partial charge is 0.478 e. The molecule has 0 heterocycles. The molecule has 0 fully saturated rings. The summed E-state index contributed by atoms with van der Waals surface area (Å²) < 4.78 is 28.2. The molecule has 1 rings (SSSR count). The first kappa shape index (κ1) is 15.7. The summed E-state index contributed by atoms with van der Waals surface area (Å²) in [7, 11) is -3.78. The summed E-state index contributed by atoms with van der Waals surface area (Å²) in [5.74, 6) is -1.23. The van der Waals surface area contributed by atoms with Crippen LogP contribution in [-0.4, -0.2) is 25.0 Å². The van der Waals surface area contributed by atoms with Gasteiger partial charge >= 0.3 is 5.97 Å². The average molecular weight is 307 g/mol. The minimum Gasteiger partial charge on any atom is -0.478 e. The Morgan fingerprint density at radius 3 is 2.37 bits per heavy atom. The van der Waals surface area contributed by atoms with Crippen LogP contribution in [0.4, 0.5) is 5.69 Å². The van der Waals surface area contributed by atoms with Crippen molar-refractivity contribution < 1.29 is 18.3 Å². The predicted octanol–water partition coefficient (Wildman–Crippen LogP) is 2.08. The Morgan fingerprint density at radius 2 is 1.89 bits per heavy atom. The summed E-state index contributed by atoms with van der Waals surface area (Å²) in [5.41, 5.74) is -0.690. The Hall–Kier alpha value is -1.31. The van der Waals surface area contributed by atoms with Gasteiger partial charge in [-0.05, 0) is 39.0 Å². The Kier molecular flexibility index (Phi) is 4.44. The van der Waals surface area contributed by atoms with E-state index in [-0.39, 0.29) is 16.3 Å². The Bertz CT molecular complexity index is 593. The molecule has 0 aliphatic heterocycles. The van der Waals surface area contributed by atoms with Crippen LogP contribution in [0.3, 0.4) is 0 Å². The standard InChI is InChI=1S/C11H15ClN2O4S/c1-11(2,3)14-19(17,18)13-7-4-5-9(12)8(6-7)10(15)16/h4-6,13-14H,1-3H3,(H,15,16). The maximum Gasteiger partial charge on any atom is 0.337 e. The van der Waals surface area contributed by atoms with Gasteiger partial charge in [-0.2, -0.15) is 13.1 Å². The number of hydrogen-bond acceptors (Lipinski definition) is 3. The fourth-order valence-corrected chi connectivity index (χ4v) is 2.83. The number of carboxylic acid groups (broad SMARTS) is 1. The smallest absolute Gasteiger partial charge is 0.337 e. The molecule has 1 aromatic carbocycles. The van der Waals surface area contributed by atoms with E-state index >= 15 is 0 Å². The Labute approximate surface area is 117 Å². The number of anilines is 1. The minimum absolute atomic E-state index is 0.0410. The van der Waals surface area contributed by atoms with Crippen LogP contribution in [0.1, 0.15) is 31.1 Å². The van der Waals surface area contributed by atoms with Crippen molar-refractivity contribution in [3.8, 4) is 0 Å². The fraction of sp³-hybridized carbons (Fsp3) is 0.364. The highest BCUT2D eigenvalue weighted by Crippen LogP contribution is 2.21. The van der Waals surface area contributed by atoms with Gasteiger partial charge in [0.25, 0.3) is 10.2 Å². The van der Waals surface area contributed by atoms with Gasteiger partial charge in [0, 0.05) is 5.54 Å². The summed E-state index contributed by atoms with van der Waals surface area (Å²) in [5, 5.41) is 8.94. The summed E-state index contributed by atoms with van der Waals surface area (Å²) in [6.45, 7) is 5.07. The van der Waals surface area contributed by atoms with E-state index < -0.39 is 21.7 Å². The van der Waals surface area contributed by atoms with Crippen LogP contribution in [0.25, 0.3) is 0 Å². The molecular formula is C11H15ClN2O4S. The molecule has 1 aromatic rings. The topological polar surface area (TPSA) is 95.5 Å². The van der Waals surface area contributed by atoms with Gasteiger partial charge < -0.3 is 5.11 Å². The third-order valence-corrected chi connectivity index (χ3v) is 3.60. The average Bonchev–Trinajstić information content (AvgIpc) is 2.16. The van der Waals surface area contributed by atoms with Gasteiger partial charge in [-0.1, -0.05) is 11.6 Å². The van der Waals surface area contributed by atoms with Gasteiger partial charge in [0.05, 0.1) is 16.3 Å². The molecule has 0 bridgehead atoms. The second-order valence-electron chi connectivity index (χ2n) is 4.96. The van der Waals surface area contributed by atoms with Gasteiger partial charge in [0.2, 0.25) is 0 Å². The number of carboxylic acids is 1. The first-order valence-electron chi connectivity index (χ1n) is 5.35. The SMILES string of the molecule is CC(C)(C)NS(=O)(=O)Nc1ccc(Cl)c(C(=O)O)c1. The Balaban J connectivity index is 3.01. The summed E-state index contributed by atoms with van der Waals surface area (Å²) in [6, 6.07) is 3.86. The zero-order valence-electron chi connectivity index (χ0n) is 10.7. The number of hydrogen-bond donors (Lipinski definition) is 3. The van der Waals surface area contributed by atoms with Crippen molar-refractivity contribution in [3.05, 3.63) is 28.8 Å². The first-order chi connectivity index (χ1) is 8.50. The van der Waals surface area contributed by atoms with E-state index in [1.165, 1.54) is 12.1 Å². The lowest BCUT2D eigenvalue weighted by atomic mass is 10.1. The third kappa shape index (κ3) is 5.06. The normalized spacial score (nSPS) is 12.2. The van der Waals surface area contributed by atoms with E-state index in [0.717, 1.165) is 6.07 Å². The van der Waals surface area contributed by atoms with Crippen molar-refractivity contribution in [2.45, 2.75) is 26.3 Å². The van der Waals surface area contributed by atoms with Gasteiger partial charge in [0.15, 0.2) is 0 Å². The number of benzene rings is 1. The van der Waals surface area contributed by atoms with E-state index in [2.05, 4.69) is 9.44 Å². The number of carbonyl (C=O) groups is 1. The quantitative estimate of drug-likeness (QED) is 0.793. The van der Waals surface area contributed by atoms with Gasteiger partial charge in [-0.3, -0.25) is 4.72 Å². The van der Waals surface area contributed by atoms with Crippen molar-refractivity contribution in [1.82, 2.24) is 4.72 Å². The summed E-state index contributed by atoms with van der Waals surface area (Å²) >= 11 is 5.70. The predicted molar refractivity (Wildman–Crippen MR) is 73.8 cm³/mol. The molecular weight excluding hydrogens is 292 g/mol. The minimum atomic E-state index is -3.78. The molecule has 0 aromatic heterocycles. The number of halogens is 1. The zero-order valence-corrected chi connectivity index (χ0v) is 12.3. The van der Waals surface area contributed by atoms with Crippen LogP contribution >= 0.6 is 11.6 Å². The zero-order chi connectivity index (χ0) is 14.8. The van der Waals surface area contributed by atoms with Crippen molar-refractivity contribution in [2.75, 3.05) is 4.72 Å². The van der Waals surface area contributed by atoms with Crippen molar-refractivity contribution in [1.29, 1.82) is 0 Å². The number of rotatable bonds is 4. The van der Waals surface area contributed by atoms with E-state index in [4.69, 9.17) is 16.7 Å². The van der Waals surface area contributed by atoms with Crippen molar-refractivity contribution in [2.24, 2.45) is 0 Å². The third-order valence-electron chi connectivity index (χ3n) is 1.89. The molecule has 0 atom stereocenters. The highest BCUT2D eigenvalue weighted by atomic mass is 35.5. The lowest BCUT2D eigenvalue weighted by Crippen LogP contribution is -2.43. The second kappa shape index (κ2) is 5.36. The van der Waals surface area contributed by atoms with E-state index in [9.17, 15) is 13.2 Å². The van der Waals surface area contributed by atoms with E-state index in [1.54, 1.807) is 20.8 Å². The molecule has 0 amide bonds. The second-order valence-corrected chi connectivity index (χ2v) is 6.78. The van der Waals surface area contributed by atoms with Crippen LogP contribution in [0.5, 0.6) is 0 Å². The summed E-state index contributed by atoms with van der Waals surface area (Å²) in [6.07, 6.45) is 0. The molecule has 0 unspecified atom stereocenters. The molecule has 0 aliphatic rings. The van der Waals surface area contributed by atoms with Crippen LogP contribution in [0.2, 0.25) is 5.02 Å². The van der Waals surface area contributed by atoms with Crippen molar-refractivity contribution >= 4 is 33.5 Å². The molecule has 0 radical (unpaired) electrons. The number of aromatic carboxylic acids is 1. The highest BCUT2D eigenvalue weighted by Gasteiger charge is 2.20. The molecule has 0 spiro atoms. The van der Waals surface area contributed by atoms with Crippen LogP contribution in [-0.2, 0) is 10.2 Å². The molecule has 8 heteroatoms.